The molecule has 0 amide bonds. The minimum atomic E-state index is -4.71. The van der Waals surface area contributed by atoms with E-state index in [1.54, 1.807) is 84.9 Å². The molecule has 0 aromatic heterocycles. The molecule has 17 nitrogen and oxygen atoms in total. The third-order valence-electron chi connectivity index (χ3n) is 10.2. The lowest BCUT2D eigenvalue weighted by atomic mass is 9.99. The molecule has 0 saturated carbocycles. The molecule has 3 aromatic rings. The van der Waals surface area contributed by atoms with Crippen molar-refractivity contribution >= 4 is 30.4 Å². The molecule has 3 aromatic carbocycles. The first-order chi connectivity index (χ1) is 27.2. The van der Waals surface area contributed by atoms with Crippen LogP contribution in [0.3, 0.4) is 0 Å². The predicted octanol–water partition coefficient (Wildman–Crippen LogP) is 1.62. The van der Waals surface area contributed by atoms with Gasteiger partial charge < -0.3 is 39.7 Å². The van der Waals surface area contributed by atoms with E-state index in [0.29, 0.717) is 33.4 Å². The molecule has 20 heteroatoms. The van der Waals surface area contributed by atoms with E-state index in [1.165, 1.54) is 13.8 Å². The van der Waals surface area contributed by atoms with Gasteiger partial charge in [-0.15, -0.1) is 0 Å². The first-order valence-electron chi connectivity index (χ1n) is 18.5. The van der Waals surface area contributed by atoms with Crippen molar-refractivity contribution in [2.75, 3.05) is 19.8 Å². The number of hydrogen-bond donors (Lipinski definition) is 5. The molecule has 0 aliphatic carbocycles. The Kier molecular flexibility index (Phi) is 13.9. The third kappa shape index (κ3) is 9.76. The summed E-state index contributed by atoms with van der Waals surface area (Å²) in [7, 11) is -13.7. The van der Waals surface area contributed by atoms with Crippen LogP contribution in [-0.2, 0) is 57.1 Å². The summed E-state index contributed by atoms with van der Waals surface area (Å²) in [6.07, 6.45) is -16.3. The normalized spacial score (nSPS) is 28.0. The molecule has 328 valence electrons. The van der Waals surface area contributed by atoms with Crippen molar-refractivity contribution in [1.29, 1.82) is 0 Å². The molecule has 0 radical (unpaired) electrons. The summed E-state index contributed by atoms with van der Waals surface area (Å²) in [5.74, 6) is -2.83. The number of ether oxygens (including phenoxy) is 3. The van der Waals surface area contributed by atoms with E-state index >= 15 is 0 Å². The van der Waals surface area contributed by atoms with Crippen LogP contribution in [-0.4, -0.2) is 125 Å². The zero-order valence-corrected chi connectivity index (χ0v) is 36.5. The lowest BCUT2D eigenvalue weighted by molar-refractivity contribution is -0.381. The minimum Gasteiger partial charge on any atom is -0.387 e. The standard InChI is InChI=1S/C39H52O17S3/c1-19-10-22(4)34(23(5)11-19)57(45,46)51-16-28-30(40)32(42)33(43)38(54-28)56-39(18-53-59(49,50)36-26(8)14-21(3)15-27(36)9)37(44)31(41)29(55-39)17-52-58(47,48)35-24(6)12-20(2)13-25(35)7/h10-15,28-33,37-38,40-44H,16-18H2,1-9H3. The van der Waals surface area contributed by atoms with E-state index in [0.717, 1.165) is 16.7 Å². The van der Waals surface area contributed by atoms with Crippen molar-refractivity contribution in [3.8, 4) is 0 Å². The molecule has 2 aliphatic rings. The fourth-order valence-electron chi connectivity index (χ4n) is 7.92. The Morgan fingerprint density at radius 1 is 0.508 bits per heavy atom. The van der Waals surface area contributed by atoms with Crippen molar-refractivity contribution in [3.05, 3.63) is 86.5 Å². The number of hydrogen-bond acceptors (Lipinski definition) is 17. The quantitative estimate of drug-likeness (QED) is 0.144. The number of aliphatic hydroxyl groups is 5. The largest absolute Gasteiger partial charge is 0.387 e. The van der Waals surface area contributed by atoms with Crippen LogP contribution in [0.2, 0.25) is 0 Å². The van der Waals surface area contributed by atoms with Crippen LogP contribution < -0.4 is 0 Å². The van der Waals surface area contributed by atoms with Gasteiger partial charge in [0.1, 0.15) is 49.3 Å². The zero-order valence-electron chi connectivity index (χ0n) is 34.1. The molecule has 0 bridgehead atoms. The second-order valence-electron chi connectivity index (χ2n) is 15.4. The Hall–Kier alpha value is -2.93. The van der Waals surface area contributed by atoms with Gasteiger partial charge in [0, 0.05) is 0 Å². The van der Waals surface area contributed by atoms with E-state index in [9.17, 15) is 50.8 Å². The minimum absolute atomic E-state index is 0.141. The molecule has 2 saturated heterocycles. The monoisotopic (exact) mass is 888 g/mol. The molecule has 0 spiro atoms. The van der Waals surface area contributed by atoms with Gasteiger partial charge in [-0.1, -0.05) is 53.1 Å². The molecule has 5 N–H and O–H groups in total. The van der Waals surface area contributed by atoms with E-state index in [-0.39, 0.29) is 14.7 Å². The molecule has 2 aliphatic heterocycles. The van der Waals surface area contributed by atoms with E-state index in [2.05, 4.69) is 0 Å². The Labute approximate surface area is 344 Å². The van der Waals surface area contributed by atoms with Crippen molar-refractivity contribution < 1.29 is 77.5 Å². The van der Waals surface area contributed by atoms with Crippen LogP contribution in [0.25, 0.3) is 0 Å². The van der Waals surface area contributed by atoms with Crippen molar-refractivity contribution in [2.45, 2.75) is 132 Å². The molecule has 9 atom stereocenters. The first kappa shape index (κ1) is 47.1. The van der Waals surface area contributed by atoms with Gasteiger partial charge in [0.05, 0.1) is 27.9 Å². The summed E-state index contributed by atoms with van der Waals surface area (Å²) in [6.45, 7) is 11.5. The maximum absolute atomic E-state index is 13.7. The van der Waals surface area contributed by atoms with E-state index in [1.807, 2.05) is 0 Å². The summed E-state index contributed by atoms with van der Waals surface area (Å²) in [6, 6.07) is 9.69. The van der Waals surface area contributed by atoms with E-state index in [4.69, 9.17) is 26.8 Å². The summed E-state index contributed by atoms with van der Waals surface area (Å²) in [5.41, 5.74) is 4.44. The Bertz CT molecular complexity index is 2330. The Morgan fingerprint density at radius 3 is 1.25 bits per heavy atom. The van der Waals surface area contributed by atoms with Gasteiger partial charge in [0.25, 0.3) is 30.4 Å². The highest BCUT2D eigenvalue weighted by Gasteiger charge is 2.60. The van der Waals surface area contributed by atoms with Crippen LogP contribution in [0.5, 0.6) is 0 Å². The first-order valence-corrected chi connectivity index (χ1v) is 22.8. The number of benzene rings is 3. The molecule has 9 unspecified atom stereocenters. The molecule has 59 heavy (non-hydrogen) atoms. The Morgan fingerprint density at radius 2 is 0.864 bits per heavy atom. The smallest absolute Gasteiger partial charge is 0.297 e. The highest BCUT2D eigenvalue weighted by molar-refractivity contribution is 7.87. The average molecular weight is 889 g/mol. The van der Waals surface area contributed by atoms with Crippen molar-refractivity contribution in [2.24, 2.45) is 0 Å². The second kappa shape index (κ2) is 17.4. The molecular weight excluding hydrogens is 837 g/mol. The summed E-state index contributed by atoms with van der Waals surface area (Å²) < 4.78 is 114. The van der Waals surface area contributed by atoms with Crippen molar-refractivity contribution in [3.63, 3.8) is 0 Å². The van der Waals surface area contributed by atoms with E-state index < -0.39 is 105 Å². The van der Waals surface area contributed by atoms with Crippen LogP contribution in [0.1, 0.15) is 50.1 Å². The number of aliphatic hydroxyl groups excluding tert-OH is 5. The lowest BCUT2D eigenvalue weighted by Crippen LogP contribution is -2.63. The van der Waals surface area contributed by atoms with Crippen LogP contribution in [0, 0.1) is 62.3 Å². The van der Waals surface area contributed by atoms with Gasteiger partial charge in [-0.05, 0) is 95.7 Å². The summed E-state index contributed by atoms with van der Waals surface area (Å²) in [5, 5.41) is 55.6. The van der Waals surface area contributed by atoms with Crippen LogP contribution in [0.15, 0.2) is 51.1 Å². The highest BCUT2D eigenvalue weighted by Crippen LogP contribution is 2.39. The number of aryl methyl sites for hydroxylation is 9. The van der Waals surface area contributed by atoms with Gasteiger partial charge in [0.15, 0.2) is 6.29 Å². The Balaban J connectivity index is 1.46. The highest BCUT2D eigenvalue weighted by atomic mass is 32.2. The predicted molar refractivity (Wildman–Crippen MR) is 209 cm³/mol. The molecule has 2 fully saturated rings. The lowest BCUT2D eigenvalue weighted by Gasteiger charge is -2.43. The summed E-state index contributed by atoms with van der Waals surface area (Å²) in [4.78, 5) is -0.519. The third-order valence-corrected chi connectivity index (χ3v) is 15.0. The van der Waals surface area contributed by atoms with Gasteiger partial charge in [0.2, 0.25) is 5.79 Å². The zero-order chi connectivity index (χ0) is 44.2. The molecule has 2 heterocycles. The fraction of sp³-hybridized carbons (Fsp3) is 0.538. The number of rotatable bonds is 14. The van der Waals surface area contributed by atoms with Gasteiger partial charge in [-0.3, -0.25) is 12.5 Å². The SMILES string of the molecule is Cc1cc(C)c(S(=O)(=O)OCC2OC(OC3(COS(=O)(=O)c4c(C)cc(C)cc4C)OC(COS(=O)(=O)c4c(C)cc(C)cc4C)C(O)C3O)C(O)C(O)C2O)c(C)c1. The van der Waals surface area contributed by atoms with Gasteiger partial charge in [-0.25, -0.2) is 0 Å². The molecule has 5 rings (SSSR count). The van der Waals surface area contributed by atoms with Crippen LogP contribution >= 0.6 is 0 Å². The average Bonchev–Trinajstić information content (AvgIpc) is 3.32. The summed E-state index contributed by atoms with van der Waals surface area (Å²) >= 11 is 0. The molecular formula is C39H52O17S3. The van der Waals surface area contributed by atoms with Crippen molar-refractivity contribution in [1.82, 2.24) is 0 Å². The fourth-order valence-corrected chi connectivity index (χ4v) is 11.9. The maximum atomic E-state index is 13.7. The van der Waals surface area contributed by atoms with Crippen LogP contribution in [0.4, 0.5) is 0 Å². The second-order valence-corrected chi connectivity index (χ2v) is 20.1. The maximum Gasteiger partial charge on any atom is 0.297 e. The topological polar surface area (TPSA) is 259 Å². The van der Waals surface area contributed by atoms with Gasteiger partial charge >= 0.3 is 0 Å². The van der Waals surface area contributed by atoms with Gasteiger partial charge in [-0.2, -0.15) is 25.3 Å².